The Morgan fingerprint density at radius 2 is 0.778 bits per heavy atom. The van der Waals surface area contributed by atoms with Gasteiger partial charge in [-0.3, -0.25) is 0 Å². The van der Waals surface area contributed by atoms with E-state index in [1.54, 1.807) is 0 Å². The molecule has 0 saturated carbocycles. The van der Waals surface area contributed by atoms with Crippen LogP contribution in [0.3, 0.4) is 0 Å². The van der Waals surface area contributed by atoms with Gasteiger partial charge in [0.25, 0.3) is 0 Å². The molecule has 9 heavy (non-hydrogen) atoms. The van der Waals surface area contributed by atoms with Crippen LogP contribution in [0.15, 0.2) is 0 Å². The Balaban J connectivity index is -0.0000000720. The smallest absolute Gasteiger partial charge is 4.00 e. The van der Waals surface area contributed by atoms with Crippen LogP contribution in [0.5, 0.6) is 0 Å². The Labute approximate surface area is 96.8 Å². The third-order valence-electron chi connectivity index (χ3n) is 0. The second kappa shape index (κ2) is 12.8. The molecule has 48 valence electrons. The molecule has 0 aromatic rings. The van der Waals surface area contributed by atoms with E-state index in [1.165, 1.54) is 0 Å². The fourth-order valence-corrected chi connectivity index (χ4v) is 0. The summed E-state index contributed by atoms with van der Waals surface area (Å²) in [5, 5.41) is 0. The Morgan fingerprint density at radius 1 is 0.778 bits per heavy atom. The molecule has 0 spiro atoms. The van der Waals surface area contributed by atoms with Gasteiger partial charge in [-0.25, -0.2) is 0 Å². The van der Waals surface area contributed by atoms with Crippen molar-refractivity contribution >= 4 is 0 Å². The Bertz CT molecular complexity index is 69.1. The maximum absolute atomic E-state index is 8.58. The largest absolute Gasteiger partial charge is 4.00 e. The summed E-state index contributed by atoms with van der Waals surface area (Å²) in [7, 11) is 0. The van der Waals surface area contributed by atoms with E-state index < -0.39 is 37.2 Å². The van der Waals surface area contributed by atoms with E-state index in [0.717, 1.165) is 0 Å². The first-order valence-corrected chi connectivity index (χ1v) is 5.05. The van der Waals surface area contributed by atoms with Crippen LogP contribution < -0.4 is 14.8 Å². The molecule has 0 aromatic heterocycles. The van der Waals surface area contributed by atoms with Crippen molar-refractivity contribution in [3.8, 4) is 0 Å². The van der Waals surface area contributed by atoms with Crippen LogP contribution in [0.2, 0.25) is 0 Å². The zero-order valence-corrected chi connectivity index (χ0v) is 11.2. The molecule has 0 aliphatic heterocycles. The van der Waals surface area contributed by atoms with Crippen LogP contribution in [0.25, 0.3) is 0 Å². The van der Waals surface area contributed by atoms with Crippen molar-refractivity contribution < 1.29 is 98.6 Å². The van der Waals surface area contributed by atoms with Gasteiger partial charge in [0.15, 0.2) is 0 Å². The summed E-state index contributed by atoms with van der Waals surface area (Å²) in [4.78, 5) is 0. The molecule has 0 N–H and O–H groups in total. The second-order valence-electron chi connectivity index (χ2n) is 0.500. The summed E-state index contributed by atoms with van der Waals surface area (Å²) >= 11 is -8.17. The number of hydrogen-bond acceptors (Lipinski definition) is 6. The first-order valence-electron chi connectivity index (χ1n) is 1.22. The first kappa shape index (κ1) is 17.3. The molecule has 0 aliphatic carbocycles. The summed E-state index contributed by atoms with van der Waals surface area (Å²) in [5.41, 5.74) is 0. The molecule has 0 aliphatic rings. The van der Waals surface area contributed by atoms with Crippen molar-refractivity contribution in [3.63, 3.8) is 0 Å². The Kier molecular flexibility index (Phi) is 24.7. The second-order valence-corrected chi connectivity index (χ2v) is 2.06. The van der Waals surface area contributed by atoms with Gasteiger partial charge in [0, 0.05) is 0 Å². The summed E-state index contributed by atoms with van der Waals surface area (Å²) in [6.45, 7) is 0. The molecule has 6 nitrogen and oxygen atoms in total. The van der Waals surface area contributed by atoms with Crippen LogP contribution in [-0.2, 0) is 43.9 Å². The number of hydrogen-bond donors (Lipinski definition) is 0. The van der Waals surface area contributed by atoms with E-state index in [2.05, 4.69) is 0 Å². The van der Waals surface area contributed by atoms with Crippen LogP contribution >= 0.6 is 0 Å². The maximum atomic E-state index is 8.58. The normalized spacial score (nSPS) is 5.78. The molecular weight excluding hydrogens is 424 g/mol. The monoisotopic (exact) mass is 424 g/mol. The topological polar surface area (TPSA) is 126 Å². The third-order valence-corrected chi connectivity index (χ3v) is 0. The van der Waals surface area contributed by atoms with Gasteiger partial charge < -0.3 is 0 Å². The van der Waals surface area contributed by atoms with E-state index in [1.807, 2.05) is 0 Å². The average molecular weight is 424 g/mol. The molecular formula is O6ThTi2. The van der Waals surface area contributed by atoms with Crippen molar-refractivity contribution in [1.29, 1.82) is 0 Å². The first-order chi connectivity index (χ1) is 3.46. The zero-order chi connectivity index (χ0) is 7.15. The van der Waals surface area contributed by atoms with Crippen molar-refractivity contribution in [2.24, 2.45) is 0 Å². The van der Waals surface area contributed by atoms with Crippen LogP contribution in [-0.4, -0.2) is 0 Å². The van der Waals surface area contributed by atoms with Crippen molar-refractivity contribution in [1.82, 2.24) is 0 Å². The van der Waals surface area contributed by atoms with Gasteiger partial charge in [0.2, 0.25) is 0 Å². The van der Waals surface area contributed by atoms with E-state index in [9.17, 15) is 0 Å². The summed E-state index contributed by atoms with van der Waals surface area (Å²) in [5.74, 6) is 0. The molecule has 0 rings (SSSR count). The molecule has 0 radical (unpaired) electrons. The van der Waals surface area contributed by atoms with Crippen LogP contribution in [0, 0.1) is 39.9 Å². The fourth-order valence-electron chi connectivity index (χ4n) is 0. The molecule has 0 atom stereocenters. The Hall–Kier alpha value is 2.19. The van der Waals surface area contributed by atoms with Crippen LogP contribution in [0.1, 0.15) is 0 Å². The molecule has 0 amide bonds. The maximum Gasteiger partial charge on any atom is 4.00 e. The minimum atomic E-state index is -4.08. The van der Waals surface area contributed by atoms with Crippen molar-refractivity contribution in [2.45, 2.75) is 0 Å². The van der Waals surface area contributed by atoms with Gasteiger partial charge in [-0.05, 0) is 0 Å². The standard InChI is InChI=1S/6O.Th.2Ti/q;;4*-1;+4;;. The molecule has 0 unspecified atom stereocenters. The van der Waals surface area contributed by atoms with Crippen molar-refractivity contribution in [2.75, 3.05) is 0 Å². The summed E-state index contributed by atoms with van der Waals surface area (Å²) < 4.78 is 51.5. The van der Waals surface area contributed by atoms with E-state index >= 15 is 0 Å². The van der Waals surface area contributed by atoms with E-state index in [-0.39, 0.29) is 39.9 Å². The fraction of sp³-hybridized carbons (Fsp3) is 0. The SMILES string of the molecule is [O]=[Ti]([O-])[O-].[O]=[Ti]([O-])[O-].[Th+4]. The van der Waals surface area contributed by atoms with Gasteiger partial charge in [-0.1, -0.05) is 0 Å². The van der Waals surface area contributed by atoms with Gasteiger partial charge in [-0.2, -0.15) is 0 Å². The zero-order valence-electron chi connectivity index (χ0n) is 3.95. The van der Waals surface area contributed by atoms with Gasteiger partial charge in [0.05, 0.1) is 0 Å². The minimum Gasteiger partial charge on any atom is 4.00 e. The third kappa shape index (κ3) is 142. The van der Waals surface area contributed by atoms with E-state index in [0.29, 0.717) is 0 Å². The molecule has 0 fully saturated rings. The molecule has 0 saturated heterocycles. The van der Waals surface area contributed by atoms with E-state index in [4.69, 9.17) is 21.4 Å². The van der Waals surface area contributed by atoms with Gasteiger partial charge in [0.1, 0.15) is 0 Å². The predicted molar refractivity (Wildman–Crippen MR) is 1.37 cm³/mol. The molecule has 9 heteroatoms. The van der Waals surface area contributed by atoms with Gasteiger partial charge in [-0.15, -0.1) is 0 Å². The quantitative estimate of drug-likeness (QED) is 0.359. The summed E-state index contributed by atoms with van der Waals surface area (Å²) in [6, 6.07) is 0. The van der Waals surface area contributed by atoms with Crippen LogP contribution in [0.4, 0.5) is 0 Å². The number of rotatable bonds is 0. The molecule has 0 heterocycles. The van der Waals surface area contributed by atoms with Gasteiger partial charge >= 0.3 is 98.6 Å². The molecule has 0 bridgehead atoms. The van der Waals surface area contributed by atoms with Crippen molar-refractivity contribution in [3.05, 3.63) is 0 Å². The minimum absolute atomic E-state index is 0. The average Bonchev–Trinajstić information content (AvgIpc) is 1.25. The molecule has 0 aromatic carbocycles. The predicted octanol–water partition coefficient (Wildman–Crippen LogP) is -5.00. The Morgan fingerprint density at radius 3 is 0.778 bits per heavy atom. The summed E-state index contributed by atoms with van der Waals surface area (Å²) in [6.07, 6.45) is 0.